The van der Waals surface area contributed by atoms with Crippen LogP contribution in [0, 0.1) is 0 Å². The van der Waals surface area contributed by atoms with Crippen molar-refractivity contribution >= 4 is 5.97 Å². The van der Waals surface area contributed by atoms with Crippen LogP contribution in [0.2, 0.25) is 0 Å². The van der Waals surface area contributed by atoms with Crippen molar-refractivity contribution in [1.82, 2.24) is 4.90 Å². The van der Waals surface area contributed by atoms with E-state index in [1.165, 1.54) is 135 Å². The number of nitrogens with zero attached hydrogens (tertiary/aromatic N) is 1. The first-order chi connectivity index (χ1) is 24.1. The van der Waals surface area contributed by atoms with E-state index in [9.17, 15) is 15.0 Å². The maximum absolute atomic E-state index is 12.7. The van der Waals surface area contributed by atoms with Gasteiger partial charge < -0.3 is 24.6 Å². The fourth-order valence-corrected chi connectivity index (χ4v) is 6.79. The third-order valence-electron chi connectivity index (χ3n) is 10.1. The number of hydrogen-bond acceptors (Lipinski definition) is 6. The number of aliphatic hydroxyl groups excluding tert-OH is 2. The second-order valence-electron chi connectivity index (χ2n) is 15.0. The summed E-state index contributed by atoms with van der Waals surface area (Å²) in [5.74, 6) is -0.000266. The zero-order chi connectivity index (χ0) is 35.9. The molecule has 1 atom stereocenters. The van der Waals surface area contributed by atoms with Crippen LogP contribution >= 0.6 is 0 Å². The number of carbonyl (C=O) groups is 1. The maximum atomic E-state index is 12.7. The molecule has 2 N–H and O–H groups in total. The molecule has 0 aliphatic carbocycles. The summed E-state index contributed by atoms with van der Waals surface area (Å²) in [4.78, 5) is 15.1. The first kappa shape index (κ1) is 48.3. The van der Waals surface area contributed by atoms with E-state index in [4.69, 9.17) is 9.47 Å². The predicted octanol–water partition coefficient (Wildman–Crippen LogP) is 12.1. The van der Waals surface area contributed by atoms with Crippen molar-refractivity contribution < 1.29 is 24.5 Å². The first-order valence-electron chi connectivity index (χ1n) is 21.9. The van der Waals surface area contributed by atoms with Crippen molar-refractivity contribution in [2.75, 3.05) is 32.8 Å². The van der Waals surface area contributed by atoms with Crippen LogP contribution < -0.4 is 0 Å². The quantitative estimate of drug-likeness (QED) is 0.0376. The van der Waals surface area contributed by atoms with Crippen LogP contribution in [0.15, 0.2) is 0 Å². The molecule has 0 radical (unpaired) electrons. The summed E-state index contributed by atoms with van der Waals surface area (Å²) in [6.07, 6.45) is 37.1. The molecule has 6 nitrogen and oxygen atoms in total. The Morgan fingerprint density at radius 3 is 1.41 bits per heavy atom. The van der Waals surface area contributed by atoms with Gasteiger partial charge in [-0.15, -0.1) is 0 Å². The van der Waals surface area contributed by atoms with Gasteiger partial charge in [0.25, 0.3) is 0 Å². The molecule has 0 aromatic carbocycles. The summed E-state index contributed by atoms with van der Waals surface area (Å²) in [5, 5.41) is 19.6. The summed E-state index contributed by atoms with van der Waals surface area (Å²) in [6, 6.07) is 0. The fourth-order valence-electron chi connectivity index (χ4n) is 6.79. The molecule has 0 aromatic rings. The zero-order valence-corrected chi connectivity index (χ0v) is 33.4. The van der Waals surface area contributed by atoms with Crippen molar-refractivity contribution in [1.29, 1.82) is 0 Å². The van der Waals surface area contributed by atoms with E-state index in [0.29, 0.717) is 13.0 Å². The summed E-state index contributed by atoms with van der Waals surface area (Å²) in [5.41, 5.74) is 0. The molecule has 294 valence electrons. The van der Waals surface area contributed by atoms with Gasteiger partial charge in [-0.1, -0.05) is 156 Å². The molecule has 0 fully saturated rings. The van der Waals surface area contributed by atoms with E-state index in [0.717, 1.165) is 83.8 Å². The van der Waals surface area contributed by atoms with Crippen LogP contribution in [0.1, 0.15) is 226 Å². The van der Waals surface area contributed by atoms with Gasteiger partial charge in [0.15, 0.2) is 6.29 Å². The molecule has 0 aromatic heterocycles. The molecule has 0 heterocycles. The molecular formula is C43H87NO5. The highest BCUT2D eigenvalue weighted by atomic mass is 16.6. The highest BCUT2D eigenvalue weighted by Crippen LogP contribution is 2.18. The van der Waals surface area contributed by atoms with Crippen LogP contribution in [-0.2, 0) is 14.3 Å². The van der Waals surface area contributed by atoms with E-state index in [-0.39, 0.29) is 18.7 Å². The van der Waals surface area contributed by atoms with Gasteiger partial charge in [-0.3, -0.25) is 4.79 Å². The first-order valence-corrected chi connectivity index (χ1v) is 21.9. The minimum absolute atomic E-state index is 0.000266. The molecule has 0 bridgehead atoms. The van der Waals surface area contributed by atoms with Gasteiger partial charge in [0.2, 0.25) is 0 Å². The summed E-state index contributed by atoms with van der Waals surface area (Å²) in [7, 11) is 0. The van der Waals surface area contributed by atoms with Crippen LogP contribution in [0.25, 0.3) is 0 Å². The van der Waals surface area contributed by atoms with Crippen LogP contribution in [-0.4, -0.2) is 66.3 Å². The highest BCUT2D eigenvalue weighted by Gasteiger charge is 2.14. The zero-order valence-electron chi connectivity index (χ0n) is 33.4. The molecule has 0 amide bonds. The van der Waals surface area contributed by atoms with E-state index in [1.54, 1.807) is 0 Å². The minimum atomic E-state index is -0.598. The monoisotopic (exact) mass is 698 g/mol. The average Bonchev–Trinajstić information content (AvgIpc) is 3.09. The average molecular weight is 698 g/mol. The standard InChI is InChI=1S/C43H87NO5/c1-4-7-10-13-18-23-31-40-48-42(46)34-27-21-16-17-22-29-36-44(38-39-45)37-30-24-28-35-43(47)49-41(32-25-19-14-11-8-5-2)33-26-20-15-12-9-6-3/h41-42,45-46H,4-40H2,1-3H3. The van der Waals surface area contributed by atoms with Crippen molar-refractivity contribution in [2.24, 2.45) is 0 Å². The van der Waals surface area contributed by atoms with Crippen molar-refractivity contribution in [2.45, 2.75) is 239 Å². The lowest BCUT2D eigenvalue weighted by Crippen LogP contribution is -2.29. The number of esters is 1. The molecule has 0 spiro atoms. The Kier molecular flexibility index (Phi) is 39.5. The van der Waals surface area contributed by atoms with Gasteiger partial charge in [-0.2, -0.15) is 0 Å². The predicted molar refractivity (Wildman–Crippen MR) is 210 cm³/mol. The lowest BCUT2D eigenvalue weighted by Gasteiger charge is -2.21. The minimum Gasteiger partial charge on any atom is -0.462 e. The Balaban J connectivity index is 3.98. The Labute approximate surface area is 306 Å². The molecule has 6 heteroatoms. The number of unbranched alkanes of at least 4 members (excludes halogenated alkanes) is 23. The number of ether oxygens (including phenoxy) is 2. The van der Waals surface area contributed by atoms with Crippen LogP contribution in [0.3, 0.4) is 0 Å². The van der Waals surface area contributed by atoms with Gasteiger partial charge in [0.1, 0.15) is 6.10 Å². The Morgan fingerprint density at radius 1 is 0.510 bits per heavy atom. The van der Waals surface area contributed by atoms with E-state index in [2.05, 4.69) is 25.7 Å². The number of carbonyl (C=O) groups excluding carboxylic acids is 1. The van der Waals surface area contributed by atoms with Crippen molar-refractivity contribution in [3.8, 4) is 0 Å². The fraction of sp³-hybridized carbons (Fsp3) is 0.977. The smallest absolute Gasteiger partial charge is 0.306 e. The lowest BCUT2D eigenvalue weighted by molar-refractivity contribution is -0.150. The van der Waals surface area contributed by atoms with Gasteiger partial charge in [-0.05, 0) is 77.3 Å². The lowest BCUT2D eigenvalue weighted by atomic mass is 10.0. The normalized spacial score (nSPS) is 12.4. The van der Waals surface area contributed by atoms with E-state index in [1.807, 2.05) is 0 Å². The van der Waals surface area contributed by atoms with Gasteiger partial charge in [0, 0.05) is 19.6 Å². The number of rotatable bonds is 41. The Morgan fingerprint density at radius 2 is 0.918 bits per heavy atom. The molecule has 0 aliphatic heterocycles. The topological polar surface area (TPSA) is 79.2 Å². The van der Waals surface area contributed by atoms with Gasteiger partial charge in [0.05, 0.1) is 6.61 Å². The van der Waals surface area contributed by atoms with Gasteiger partial charge in [-0.25, -0.2) is 0 Å². The second-order valence-corrected chi connectivity index (χ2v) is 15.0. The molecule has 0 saturated heterocycles. The molecule has 0 rings (SSSR count). The van der Waals surface area contributed by atoms with Crippen LogP contribution in [0.4, 0.5) is 0 Å². The summed E-state index contributed by atoms with van der Waals surface area (Å²) >= 11 is 0. The summed E-state index contributed by atoms with van der Waals surface area (Å²) in [6.45, 7) is 10.4. The molecule has 49 heavy (non-hydrogen) atoms. The van der Waals surface area contributed by atoms with E-state index >= 15 is 0 Å². The molecular weight excluding hydrogens is 610 g/mol. The SMILES string of the molecule is CCCCCCCCCOC(O)CCCCCCCCN(CCO)CCCCCC(=O)OC(CCCCCCCC)CCCCCCCC. The Bertz CT molecular complexity index is 632. The third-order valence-corrected chi connectivity index (χ3v) is 10.1. The largest absolute Gasteiger partial charge is 0.462 e. The van der Waals surface area contributed by atoms with Crippen LogP contribution in [0.5, 0.6) is 0 Å². The Hall–Kier alpha value is -0.690. The number of hydrogen-bond donors (Lipinski definition) is 2. The summed E-state index contributed by atoms with van der Waals surface area (Å²) < 4.78 is 11.6. The third kappa shape index (κ3) is 36.9. The maximum Gasteiger partial charge on any atom is 0.306 e. The molecule has 1 unspecified atom stereocenters. The molecule has 0 saturated carbocycles. The highest BCUT2D eigenvalue weighted by molar-refractivity contribution is 5.69. The van der Waals surface area contributed by atoms with Crippen molar-refractivity contribution in [3.05, 3.63) is 0 Å². The number of aliphatic hydroxyl groups is 2. The van der Waals surface area contributed by atoms with Crippen molar-refractivity contribution in [3.63, 3.8) is 0 Å². The van der Waals surface area contributed by atoms with E-state index < -0.39 is 6.29 Å². The molecule has 0 aliphatic rings. The van der Waals surface area contributed by atoms with Gasteiger partial charge >= 0.3 is 5.97 Å². The second kappa shape index (κ2) is 40.1.